The number of fused-ring (bicyclic) bond motifs is 4. The largest absolute Gasteiger partial charge is 0.457 e. The van der Waals surface area contributed by atoms with Gasteiger partial charge in [-0.05, 0) is 116 Å². The second-order valence-electron chi connectivity index (χ2n) is 19.6. The first kappa shape index (κ1) is 34.5. The van der Waals surface area contributed by atoms with Gasteiger partial charge in [0.25, 0.3) is 0 Å². The second kappa shape index (κ2) is 14.3. The van der Waals surface area contributed by atoms with Crippen molar-refractivity contribution < 1.29 is 10.2 Å². The van der Waals surface area contributed by atoms with Gasteiger partial charge in [0.1, 0.15) is 24.0 Å². The average Bonchev–Trinajstić information content (AvgIpc) is 3.94. The van der Waals surface area contributed by atoms with E-state index in [2.05, 4.69) is 158 Å². The number of benzene rings is 8. The van der Waals surface area contributed by atoms with Gasteiger partial charge >= 0.3 is 0 Å². The Balaban J connectivity index is 0.864. The Morgan fingerprint density at radius 1 is 0.507 bits per heavy atom. The summed E-state index contributed by atoms with van der Waals surface area (Å²) in [6, 6.07) is 60.7. The first-order valence-electron chi connectivity index (χ1n) is 25.4. The highest BCUT2D eigenvalue weighted by Crippen LogP contribution is 2.65. The van der Waals surface area contributed by atoms with Gasteiger partial charge in [-0.1, -0.05) is 142 Å². The molecule has 6 aliphatic carbocycles. The Kier molecular flexibility index (Phi) is 7.36. The van der Waals surface area contributed by atoms with E-state index in [1.165, 1.54) is 50.2 Å². The number of rotatable bonds is 5. The Morgan fingerprint density at radius 3 is 1.78 bits per heavy atom. The van der Waals surface area contributed by atoms with Crippen molar-refractivity contribution in [1.29, 1.82) is 0 Å². The predicted octanol–water partition coefficient (Wildman–Crippen LogP) is 15.4. The zero-order valence-corrected chi connectivity index (χ0v) is 37.5. The molecule has 8 aromatic carbocycles. The van der Waals surface area contributed by atoms with Crippen LogP contribution in [0.1, 0.15) is 100.0 Å². The molecule has 5 heteroatoms. The molecule has 0 saturated carbocycles. The fourth-order valence-corrected chi connectivity index (χ4v) is 12.2. The zero-order chi connectivity index (χ0) is 48.0. The van der Waals surface area contributed by atoms with Gasteiger partial charge in [0.05, 0.1) is 27.9 Å². The lowest BCUT2D eigenvalue weighted by molar-refractivity contribution is 0.483. The van der Waals surface area contributed by atoms with Gasteiger partial charge in [-0.3, -0.25) is 4.57 Å². The summed E-state index contributed by atoms with van der Waals surface area (Å²) in [5.74, 6) is 2.41. The van der Waals surface area contributed by atoms with Crippen LogP contribution in [0.2, 0.25) is 0 Å². The maximum atomic E-state index is 9.09. The molecule has 2 atom stereocenters. The molecule has 0 amide bonds. The van der Waals surface area contributed by atoms with E-state index >= 15 is 0 Å². The molecule has 67 heavy (non-hydrogen) atoms. The Hall–Kier alpha value is -7.89. The van der Waals surface area contributed by atoms with Crippen LogP contribution < -0.4 is 14.5 Å². The Morgan fingerprint density at radius 2 is 1.07 bits per heavy atom. The van der Waals surface area contributed by atoms with E-state index < -0.39 is 0 Å². The van der Waals surface area contributed by atoms with Crippen molar-refractivity contribution in [3.8, 4) is 17.3 Å². The van der Waals surface area contributed by atoms with Crippen LogP contribution in [0.5, 0.6) is 11.5 Å². The van der Waals surface area contributed by atoms with Gasteiger partial charge in [-0.25, -0.2) is 4.98 Å². The van der Waals surface area contributed by atoms with Crippen LogP contribution in [0.3, 0.4) is 0 Å². The number of hydrogen-bond acceptors (Lipinski definition) is 4. The summed E-state index contributed by atoms with van der Waals surface area (Å²) in [6.07, 6.45) is 1.77. The van der Waals surface area contributed by atoms with Crippen molar-refractivity contribution in [2.45, 2.75) is 49.9 Å². The highest BCUT2D eigenvalue weighted by Gasteiger charge is 2.51. The van der Waals surface area contributed by atoms with Crippen molar-refractivity contribution in [2.24, 2.45) is 0 Å². The van der Waals surface area contributed by atoms with Crippen LogP contribution in [0.4, 0.5) is 22.7 Å². The first-order chi connectivity index (χ1) is 34.5. The number of para-hydroxylation sites is 3. The van der Waals surface area contributed by atoms with Crippen molar-refractivity contribution in [1.82, 2.24) is 9.55 Å². The minimum atomic E-state index is -0.284. The molecule has 17 rings (SSSR count). The van der Waals surface area contributed by atoms with Crippen molar-refractivity contribution in [2.75, 3.05) is 16.5 Å². The van der Waals surface area contributed by atoms with Gasteiger partial charge in [-0.15, -0.1) is 0 Å². The standard InChI is InChI=1S/C62H48N4O/c1-62(2,3)38-32-33-63-56(34-38)66-51-26-11-10-18-42(51)43-31-30-41(36-55(43)66)67-40-17-14-16-39(35-40)64-37-65(53-28-13-12-27-52(53)64)54-29-15-25-50-59-48-23-8-9-24-49(48)61(60(50)54)58-46-21-6-4-19-44(46)57(59)45-20-5-7-22-47(45)58/h4-36,57-59,61H,37H2,1-3H3/i10D,11D,18D,26D. The number of ether oxygens (including phenoxy) is 1. The molecule has 0 fully saturated rings. The van der Waals surface area contributed by atoms with Gasteiger partial charge in [0.2, 0.25) is 0 Å². The van der Waals surface area contributed by atoms with Crippen molar-refractivity contribution in [3.63, 3.8) is 0 Å². The summed E-state index contributed by atoms with van der Waals surface area (Å²) in [7, 11) is 0. The number of nitrogens with zero attached hydrogens (tertiary/aromatic N) is 4. The molecule has 0 spiro atoms. The molecule has 0 saturated heterocycles. The van der Waals surface area contributed by atoms with Gasteiger partial charge in [0.15, 0.2) is 0 Å². The Labute approximate surface area is 396 Å². The third kappa shape index (κ3) is 5.64. The van der Waals surface area contributed by atoms with E-state index in [0.29, 0.717) is 45.8 Å². The van der Waals surface area contributed by atoms with E-state index in [0.717, 1.165) is 22.6 Å². The molecule has 2 unspecified atom stereocenters. The molecular formula is C62H48N4O. The molecule has 0 N–H and O–H groups in total. The molecule has 3 heterocycles. The predicted molar refractivity (Wildman–Crippen MR) is 273 cm³/mol. The Bertz CT molecular complexity index is 3840. The van der Waals surface area contributed by atoms with Crippen LogP contribution in [0, 0.1) is 0 Å². The van der Waals surface area contributed by atoms with E-state index in [-0.39, 0.29) is 53.3 Å². The van der Waals surface area contributed by atoms with Crippen LogP contribution in [0.15, 0.2) is 200 Å². The normalized spacial score (nSPS) is 19.4. The maximum Gasteiger partial charge on any atom is 0.137 e. The molecule has 322 valence electrons. The minimum absolute atomic E-state index is 0.0830. The van der Waals surface area contributed by atoms with E-state index in [1.54, 1.807) is 6.20 Å². The van der Waals surface area contributed by atoms with E-state index in [9.17, 15) is 0 Å². The summed E-state index contributed by atoms with van der Waals surface area (Å²) in [6.45, 7) is 7.03. The van der Waals surface area contributed by atoms with Crippen molar-refractivity contribution in [3.05, 3.63) is 250 Å². The second-order valence-corrected chi connectivity index (χ2v) is 19.6. The highest BCUT2D eigenvalue weighted by atomic mass is 16.5. The zero-order valence-electron chi connectivity index (χ0n) is 41.5. The van der Waals surface area contributed by atoms with Crippen LogP contribution >= 0.6 is 0 Å². The van der Waals surface area contributed by atoms with Crippen LogP contribution in [-0.4, -0.2) is 16.2 Å². The van der Waals surface area contributed by atoms with Gasteiger partial charge < -0.3 is 14.5 Å². The molecule has 0 radical (unpaired) electrons. The summed E-state index contributed by atoms with van der Waals surface area (Å²) in [4.78, 5) is 9.68. The quantitative estimate of drug-likeness (QED) is 0.173. The molecule has 10 aromatic rings. The average molecular weight is 869 g/mol. The summed E-state index contributed by atoms with van der Waals surface area (Å²) in [5.41, 5.74) is 18.0. The molecule has 2 aromatic heterocycles. The van der Waals surface area contributed by atoms with Crippen LogP contribution in [0.25, 0.3) is 27.6 Å². The first-order valence-corrected chi connectivity index (χ1v) is 23.4. The van der Waals surface area contributed by atoms with Gasteiger partial charge in [-0.2, -0.15) is 0 Å². The lowest BCUT2D eigenvalue weighted by atomic mass is 9.53. The maximum absolute atomic E-state index is 9.09. The number of anilines is 4. The lowest BCUT2D eigenvalue weighted by Gasteiger charge is -2.51. The fourth-order valence-electron chi connectivity index (χ4n) is 12.2. The third-order valence-electron chi connectivity index (χ3n) is 15.0. The topological polar surface area (TPSA) is 33.5 Å². The monoisotopic (exact) mass is 868 g/mol. The summed E-state index contributed by atoms with van der Waals surface area (Å²) < 4.78 is 43.9. The van der Waals surface area contributed by atoms with Crippen molar-refractivity contribution >= 4 is 44.6 Å². The number of hydrogen-bond donors (Lipinski definition) is 0. The van der Waals surface area contributed by atoms with E-state index in [4.69, 9.17) is 15.2 Å². The molecule has 5 nitrogen and oxygen atoms in total. The number of aromatic nitrogens is 2. The SMILES string of the molecule is [2H]c1c([2H])c([2H])c2c(c1[2H])c1ccc(Oc3cccc(N4CN(c5cccc6c5C5c7ccccc7C6C6c7ccccc7C5c5ccccc56)c5ccccc54)c3)cc1n2-c1cc(C(C)(C)C)ccn1. The molecule has 7 aliphatic rings. The number of pyridine rings is 1. The molecule has 1 aliphatic heterocycles. The molecular weight excluding hydrogens is 817 g/mol. The summed E-state index contributed by atoms with van der Waals surface area (Å²) in [5, 5.41) is 1.14. The minimum Gasteiger partial charge on any atom is -0.457 e. The highest BCUT2D eigenvalue weighted by molar-refractivity contribution is 6.09. The van der Waals surface area contributed by atoms with E-state index in [1.807, 2.05) is 47.0 Å². The molecule has 4 bridgehead atoms. The fraction of sp³-hybridized carbons (Fsp3) is 0.145. The third-order valence-corrected chi connectivity index (χ3v) is 15.0. The van der Waals surface area contributed by atoms with Crippen LogP contribution in [-0.2, 0) is 5.41 Å². The summed E-state index contributed by atoms with van der Waals surface area (Å²) >= 11 is 0. The van der Waals surface area contributed by atoms with Gasteiger partial charge in [0, 0.05) is 64.1 Å². The smallest absolute Gasteiger partial charge is 0.137 e. The lowest BCUT2D eigenvalue weighted by Crippen LogP contribution is -2.37.